The molecule has 0 bridgehead atoms. The quantitative estimate of drug-likeness (QED) is 0.0509. The number of rotatable bonds is 16. The van der Waals surface area contributed by atoms with Gasteiger partial charge in [-0.25, -0.2) is 9.59 Å². The predicted molar refractivity (Wildman–Crippen MR) is 184 cm³/mol. The highest BCUT2D eigenvalue weighted by atomic mass is 79.9. The number of nitrogens with zero attached hydrogens (tertiary/aromatic N) is 1. The summed E-state index contributed by atoms with van der Waals surface area (Å²) in [5, 5.41) is 20.1. The minimum Gasteiger partial charge on any atom is -0.493 e. The first kappa shape index (κ1) is 35.8. The number of esters is 1. The van der Waals surface area contributed by atoms with Crippen LogP contribution in [0.2, 0.25) is 0 Å². The van der Waals surface area contributed by atoms with Crippen LogP contribution >= 0.6 is 15.9 Å². The minimum atomic E-state index is -1.17. The van der Waals surface area contributed by atoms with Gasteiger partial charge in [-0.2, -0.15) is 5.10 Å². The van der Waals surface area contributed by atoms with Crippen molar-refractivity contribution < 1.29 is 38.4 Å². The Labute approximate surface area is 287 Å². The van der Waals surface area contributed by atoms with Crippen LogP contribution in [0.3, 0.4) is 0 Å². The topological polar surface area (TPSA) is 149 Å². The minimum absolute atomic E-state index is 0.166. The first-order valence-electron chi connectivity index (χ1n) is 15.1. The maximum Gasteiger partial charge on any atom is 0.337 e. The molecule has 3 aromatic carbocycles. The molecule has 48 heavy (non-hydrogen) atoms. The van der Waals surface area contributed by atoms with Crippen LogP contribution in [0.4, 0.5) is 4.79 Å². The molecule has 4 N–H and O–H groups in total. The number of hydrogen-bond donors (Lipinski definition) is 4. The van der Waals surface area contributed by atoms with Gasteiger partial charge >= 0.3 is 12.0 Å². The summed E-state index contributed by atoms with van der Waals surface area (Å²) in [6.07, 6.45) is 2.71. The van der Waals surface area contributed by atoms with E-state index >= 15 is 0 Å². The fourth-order valence-corrected chi connectivity index (χ4v) is 5.20. The SMILES string of the molecule is C=CCc1cc(/C=N\N[C@@H](O)COc2ccc([C@@H]3NC(=O)NC(C)=C3C(=O)OC)cc2OCC)cc(OC)c1OCc1ccc(Br)cc1. The van der Waals surface area contributed by atoms with Crippen molar-refractivity contribution in [1.29, 1.82) is 0 Å². The molecular weight excluding hydrogens is 684 g/mol. The molecule has 1 heterocycles. The number of allylic oxidation sites excluding steroid dienone is 2. The molecular formula is C35H39BrN4O8. The molecule has 2 amide bonds. The first-order chi connectivity index (χ1) is 23.2. The molecule has 2 atom stereocenters. The molecule has 3 aromatic rings. The van der Waals surface area contributed by atoms with E-state index in [0.29, 0.717) is 53.9 Å². The average Bonchev–Trinajstić information content (AvgIpc) is 3.07. The molecule has 0 saturated carbocycles. The lowest BCUT2D eigenvalue weighted by Crippen LogP contribution is -2.45. The number of hydrazone groups is 1. The van der Waals surface area contributed by atoms with Crippen molar-refractivity contribution in [2.45, 2.75) is 39.1 Å². The van der Waals surface area contributed by atoms with E-state index in [-0.39, 0.29) is 12.2 Å². The van der Waals surface area contributed by atoms with E-state index in [1.54, 1.807) is 50.6 Å². The zero-order valence-corrected chi connectivity index (χ0v) is 28.8. The second kappa shape index (κ2) is 17.2. The summed E-state index contributed by atoms with van der Waals surface area (Å²) < 4.78 is 29.3. The summed E-state index contributed by atoms with van der Waals surface area (Å²) in [5.74, 6) is 1.30. The van der Waals surface area contributed by atoms with Crippen LogP contribution in [0.25, 0.3) is 0 Å². The van der Waals surface area contributed by atoms with Crippen molar-refractivity contribution in [2.24, 2.45) is 5.10 Å². The third kappa shape index (κ3) is 9.29. The maximum absolute atomic E-state index is 12.5. The molecule has 0 spiro atoms. The van der Waals surface area contributed by atoms with Crippen molar-refractivity contribution in [3.05, 3.63) is 105 Å². The average molecular weight is 724 g/mol. The van der Waals surface area contributed by atoms with Crippen molar-refractivity contribution in [2.75, 3.05) is 27.4 Å². The highest BCUT2D eigenvalue weighted by Crippen LogP contribution is 2.36. The number of aliphatic hydroxyl groups is 1. The molecule has 0 fully saturated rings. The number of methoxy groups -OCH3 is 2. The Hall–Kier alpha value is -5.01. The molecule has 0 radical (unpaired) electrons. The Bertz CT molecular complexity index is 1680. The summed E-state index contributed by atoms with van der Waals surface area (Å²) in [5.41, 5.74) is 6.49. The summed E-state index contributed by atoms with van der Waals surface area (Å²) >= 11 is 3.44. The Morgan fingerprint density at radius 2 is 1.85 bits per heavy atom. The number of nitrogens with one attached hydrogen (secondary N) is 3. The number of hydrogen-bond acceptors (Lipinski definition) is 10. The number of urea groups is 1. The van der Waals surface area contributed by atoms with Gasteiger partial charge in [0.05, 0.1) is 38.7 Å². The number of carbonyl (C=O) groups excluding carboxylic acids is 2. The third-order valence-corrected chi connectivity index (χ3v) is 7.67. The largest absolute Gasteiger partial charge is 0.493 e. The van der Waals surface area contributed by atoms with Crippen LogP contribution in [0.5, 0.6) is 23.0 Å². The van der Waals surface area contributed by atoms with E-state index in [1.807, 2.05) is 37.3 Å². The second-order valence-electron chi connectivity index (χ2n) is 10.5. The molecule has 1 aliphatic heterocycles. The van der Waals surface area contributed by atoms with Crippen LogP contribution in [0.15, 0.2) is 88.1 Å². The Kier molecular flexibility index (Phi) is 12.9. The normalized spacial score (nSPS) is 14.9. The predicted octanol–water partition coefficient (Wildman–Crippen LogP) is 5.29. The lowest BCUT2D eigenvalue weighted by Gasteiger charge is -2.28. The summed E-state index contributed by atoms with van der Waals surface area (Å²) in [7, 11) is 2.85. The molecule has 4 rings (SSSR count). The standard InChI is InChI=1S/C35H39BrN4O8/c1-6-8-25-15-23(16-29(44-4)33(25)48-19-22-9-12-26(36)13-10-22)18-37-40-30(41)20-47-27-14-11-24(17-28(27)46-7-2)32-31(34(42)45-5)21(3)38-35(43)39-32/h6,9-18,30,32,40-41H,1,7-8,19-20H2,2-5H3,(H2,38,39,43)/b37-18-/t30-,32-/m0/s1. The van der Waals surface area contributed by atoms with Gasteiger partial charge < -0.3 is 39.4 Å². The van der Waals surface area contributed by atoms with Gasteiger partial charge in [-0.1, -0.05) is 40.2 Å². The van der Waals surface area contributed by atoms with Gasteiger partial charge in [-0.05, 0) is 73.4 Å². The van der Waals surface area contributed by atoms with E-state index in [4.69, 9.17) is 23.7 Å². The van der Waals surface area contributed by atoms with E-state index in [9.17, 15) is 14.7 Å². The van der Waals surface area contributed by atoms with E-state index in [2.05, 4.69) is 43.7 Å². The number of ether oxygens (including phenoxy) is 5. The molecule has 0 aromatic heterocycles. The van der Waals surface area contributed by atoms with Crippen LogP contribution in [-0.4, -0.2) is 57.0 Å². The van der Waals surface area contributed by atoms with E-state index < -0.39 is 24.3 Å². The van der Waals surface area contributed by atoms with Gasteiger partial charge in [0, 0.05) is 15.7 Å². The lowest BCUT2D eigenvalue weighted by atomic mass is 9.95. The zero-order valence-electron chi connectivity index (χ0n) is 27.2. The Balaban J connectivity index is 1.42. The van der Waals surface area contributed by atoms with Gasteiger partial charge in [0.1, 0.15) is 13.2 Å². The number of amides is 2. The van der Waals surface area contributed by atoms with Crippen LogP contribution in [0.1, 0.15) is 42.1 Å². The molecule has 0 aliphatic carbocycles. The number of halogens is 1. The van der Waals surface area contributed by atoms with Gasteiger partial charge in [-0.15, -0.1) is 6.58 Å². The zero-order chi connectivity index (χ0) is 34.6. The molecule has 0 unspecified atom stereocenters. The number of benzene rings is 3. The highest BCUT2D eigenvalue weighted by molar-refractivity contribution is 9.10. The molecule has 254 valence electrons. The summed E-state index contributed by atoms with van der Waals surface area (Å²) in [6.45, 7) is 7.83. The molecule has 1 aliphatic rings. The lowest BCUT2D eigenvalue weighted by molar-refractivity contribution is -0.136. The number of aliphatic hydroxyl groups excluding tert-OH is 1. The monoisotopic (exact) mass is 722 g/mol. The van der Waals surface area contributed by atoms with Crippen molar-refractivity contribution in [3.8, 4) is 23.0 Å². The summed E-state index contributed by atoms with van der Waals surface area (Å²) in [4.78, 5) is 24.7. The van der Waals surface area contributed by atoms with Gasteiger partial charge in [0.25, 0.3) is 0 Å². The first-order valence-corrected chi connectivity index (χ1v) is 15.9. The Morgan fingerprint density at radius 1 is 1.08 bits per heavy atom. The van der Waals surface area contributed by atoms with Gasteiger partial charge in [0.2, 0.25) is 0 Å². The highest BCUT2D eigenvalue weighted by Gasteiger charge is 2.32. The molecule has 12 nitrogen and oxygen atoms in total. The molecule has 0 saturated heterocycles. The van der Waals surface area contributed by atoms with Crippen molar-refractivity contribution >= 4 is 34.1 Å². The molecule has 13 heteroatoms. The Morgan fingerprint density at radius 3 is 2.54 bits per heavy atom. The number of carbonyl (C=O) groups is 2. The van der Waals surface area contributed by atoms with Gasteiger partial charge in [-0.3, -0.25) is 5.43 Å². The van der Waals surface area contributed by atoms with Crippen molar-refractivity contribution in [3.63, 3.8) is 0 Å². The van der Waals surface area contributed by atoms with E-state index in [0.717, 1.165) is 21.2 Å². The summed E-state index contributed by atoms with van der Waals surface area (Å²) in [6, 6.07) is 15.4. The third-order valence-electron chi connectivity index (χ3n) is 7.14. The fraction of sp³-hybridized carbons (Fsp3) is 0.286. The second-order valence-corrected chi connectivity index (χ2v) is 11.5. The maximum atomic E-state index is 12.5. The van der Waals surface area contributed by atoms with Gasteiger partial charge in [0.15, 0.2) is 29.2 Å². The van der Waals surface area contributed by atoms with Crippen LogP contribution in [0, 0.1) is 0 Å². The smallest absolute Gasteiger partial charge is 0.337 e. The van der Waals surface area contributed by atoms with Crippen molar-refractivity contribution in [1.82, 2.24) is 16.1 Å². The van der Waals surface area contributed by atoms with E-state index in [1.165, 1.54) is 7.11 Å². The van der Waals surface area contributed by atoms with Crippen LogP contribution < -0.4 is 35.0 Å². The van der Waals surface area contributed by atoms with Crippen LogP contribution in [-0.2, 0) is 22.6 Å². The fourth-order valence-electron chi connectivity index (χ4n) is 4.94.